The Labute approximate surface area is 166 Å². The molecule has 0 unspecified atom stereocenters. The normalized spacial score (nSPS) is 22.7. The summed E-state index contributed by atoms with van der Waals surface area (Å²) in [4.78, 5) is 4.26. The predicted octanol–water partition coefficient (Wildman–Crippen LogP) is 4.77. The fraction of sp³-hybridized carbons (Fsp3) is 0.429. The minimum Gasteiger partial charge on any atom is -0.390 e. The molecule has 2 N–H and O–H groups in total. The Morgan fingerprint density at radius 3 is 2.69 bits per heavy atom. The summed E-state index contributed by atoms with van der Waals surface area (Å²) in [5.41, 5.74) is 0.212. The van der Waals surface area contributed by atoms with E-state index in [1.165, 1.54) is 12.3 Å². The molecule has 5 nitrogen and oxygen atoms in total. The number of fused-ring (bicyclic) bond motifs is 1. The number of nitrogens with one attached hydrogen (secondary N) is 1. The van der Waals surface area contributed by atoms with Gasteiger partial charge in [-0.25, -0.2) is 9.50 Å². The Morgan fingerprint density at radius 2 is 1.97 bits per heavy atom. The van der Waals surface area contributed by atoms with E-state index in [-0.39, 0.29) is 0 Å². The molecular formula is C21H23F3N4O. The molecule has 4 rings (SSSR count). The smallest absolute Gasteiger partial charge is 0.390 e. The molecule has 0 saturated heterocycles. The van der Waals surface area contributed by atoms with Gasteiger partial charge in [0.25, 0.3) is 0 Å². The van der Waals surface area contributed by atoms with Gasteiger partial charge in [0.1, 0.15) is 5.82 Å². The molecule has 2 heterocycles. The van der Waals surface area contributed by atoms with Crippen molar-refractivity contribution in [2.75, 3.05) is 11.9 Å². The number of aliphatic hydroxyl groups is 1. The Morgan fingerprint density at radius 1 is 1.21 bits per heavy atom. The first kappa shape index (κ1) is 19.7. The van der Waals surface area contributed by atoms with Crippen molar-refractivity contribution >= 4 is 11.5 Å². The maximum absolute atomic E-state index is 13.0. The molecular weight excluding hydrogens is 381 g/mol. The first-order valence-electron chi connectivity index (χ1n) is 9.70. The molecule has 154 valence electrons. The third kappa shape index (κ3) is 4.37. The van der Waals surface area contributed by atoms with Gasteiger partial charge in [-0.15, -0.1) is 5.10 Å². The third-order valence-corrected chi connectivity index (χ3v) is 5.60. The molecule has 1 aromatic carbocycles. The summed E-state index contributed by atoms with van der Waals surface area (Å²) in [6, 6.07) is 8.77. The minimum atomic E-state index is -4.40. The molecule has 2 aromatic heterocycles. The van der Waals surface area contributed by atoms with Crippen LogP contribution in [0.25, 0.3) is 16.9 Å². The van der Waals surface area contributed by atoms with E-state index in [9.17, 15) is 18.3 Å². The highest BCUT2D eigenvalue weighted by atomic mass is 19.4. The monoisotopic (exact) mass is 404 g/mol. The lowest BCUT2D eigenvalue weighted by Crippen LogP contribution is -2.32. The van der Waals surface area contributed by atoms with Gasteiger partial charge < -0.3 is 10.4 Å². The number of benzene rings is 1. The molecule has 0 radical (unpaired) electrons. The van der Waals surface area contributed by atoms with Crippen molar-refractivity contribution in [3.63, 3.8) is 0 Å². The van der Waals surface area contributed by atoms with E-state index in [2.05, 4.69) is 15.4 Å². The molecule has 0 aliphatic heterocycles. The number of alkyl halides is 3. The molecule has 1 aliphatic rings. The van der Waals surface area contributed by atoms with Crippen LogP contribution in [-0.2, 0) is 6.18 Å². The van der Waals surface area contributed by atoms with Crippen molar-refractivity contribution < 1.29 is 18.3 Å². The molecule has 0 amide bonds. The van der Waals surface area contributed by atoms with Crippen LogP contribution in [0.1, 0.15) is 38.2 Å². The number of imidazole rings is 1. The molecule has 0 atom stereocenters. The number of rotatable bonds is 4. The van der Waals surface area contributed by atoms with Gasteiger partial charge in [-0.05, 0) is 62.8 Å². The molecule has 8 heteroatoms. The van der Waals surface area contributed by atoms with Crippen molar-refractivity contribution in [3.05, 3.63) is 48.2 Å². The van der Waals surface area contributed by atoms with Crippen LogP contribution in [0.4, 0.5) is 19.0 Å². The van der Waals surface area contributed by atoms with E-state index in [1.54, 1.807) is 16.6 Å². The van der Waals surface area contributed by atoms with E-state index in [1.807, 2.05) is 13.0 Å². The van der Waals surface area contributed by atoms with Gasteiger partial charge in [-0.3, -0.25) is 0 Å². The summed E-state index contributed by atoms with van der Waals surface area (Å²) in [6.45, 7) is 2.61. The van der Waals surface area contributed by atoms with Gasteiger partial charge in [0, 0.05) is 12.1 Å². The lowest BCUT2D eigenvalue weighted by Gasteiger charge is -2.33. The van der Waals surface area contributed by atoms with Gasteiger partial charge in [-0.1, -0.05) is 12.1 Å². The van der Waals surface area contributed by atoms with Gasteiger partial charge in [-0.2, -0.15) is 13.2 Å². The summed E-state index contributed by atoms with van der Waals surface area (Å²) < 4.78 is 40.7. The van der Waals surface area contributed by atoms with Crippen LogP contribution in [0.15, 0.2) is 42.6 Å². The van der Waals surface area contributed by atoms with Crippen LogP contribution >= 0.6 is 0 Å². The largest absolute Gasteiger partial charge is 0.416 e. The van der Waals surface area contributed by atoms with Gasteiger partial charge in [0.2, 0.25) is 0 Å². The zero-order chi connectivity index (χ0) is 20.6. The van der Waals surface area contributed by atoms with E-state index < -0.39 is 17.3 Å². The number of aromatic nitrogens is 3. The molecule has 3 aromatic rings. The van der Waals surface area contributed by atoms with E-state index in [0.29, 0.717) is 28.6 Å². The zero-order valence-corrected chi connectivity index (χ0v) is 16.1. The van der Waals surface area contributed by atoms with Gasteiger partial charge >= 0.3 is 6.18 Å². The highest BCUT2D eigenvalue weighted by Gasteiger charge is 2.31. The maximum atomic E-state index is 13.0. The molecule has 1 saturated carbocycles. The minimum absolute atomic E-state index is 0.409. The summed E-state index contributed by atoms with van der Waals surface area (Å²) in [5, 5.41) is 17.9. The third-order valence-electron chi connectivity index (χ3n) is 5.60. The van der Waals surface area contributed by atoms with Crippen molar-refractivity contribution in [2.24, 2.45) is 5.92 Å². The number of hydrogen-bond donors (Lipinski definition) is 2. The summed E-state index contributed by atoms with van der Waals surface area (Å²) in [5.74, 6) is 1.10. The quantitative estimate of drug-likeness (QED) is 0.658. The van der Waals surface area contributed by atoms with Gasteiger partial charge in [0.15, 0.2) is 5.65 Å². The fourth-order valence-electron chi connectivity index (χ4n) is 3.77. The Bertz CT molecular complexity index is 1000. The van der Waals surface area contributed by atoms with Crippen LogP contribution in [0, 0.1) is 5.92 Å². The standard InChI is InChI=1S/C21H23F3N4O/c1-20(29)9-7-14(8-10-20)12-25-18-5-6-19-26-13-17(28(19)27-18)15-3-2-4-16(11-15)21(22,23)24/h2-6,11,13-14,29H,7-10,12H2,1H3,(H,25,27). The molecule has 0 bridgehead atoms. The van der Waals surface area contributed by atoms with Crippen LogP contribution in [-0.4, -0.2) is 31.9 Å². The van der Waals surface area contributed by atoms with Crippen molar-refractivity contribution in [1.29, 1.82) is 0 Å². The van der Waals surface area contributed by atoms with Crippen LogP contribution in [0.5, 0.6) is 0 Å². The first-order valence-corrected chi connectivity index (χ1v) is 9.70. The second-order valence-electron chi connectivity index (χ2n) is 8.03. The topological polar surface area (TPSA) is 62.5 Å². The van der Waals surface area contributed by atoms with Gasteiger partial charge in [0.05, 0.1) is 23.1 Å². The van der Waals surface area contributed by atoms with Crippen LogP contribution in [0.2, 0.25) is 0 Å². The second kappa shape index (κ2) is 7.33. The van der Waals surface area contributed by atoms with Crippen LogP contribution in [0.3, 0.4) is 0 Å². The average Bonchev–Trinajstić information content (AvgIpc) is 3.10. The number of hydrogen-bond acceptors (Lipinski definition) is 4. The second-order valence-corrected chi connectivity index (χ2v) is 8.03. The van der Waals surface area contributed by atoms with Crippen molar-refractivity contribution in [3.8, 4) is 11.3 Å². The predicted molar refractivity (Wildman–Crippen MR) is 104 cm³/mol. The summed E-state index contributed by atoms with van der Waals surface area (Å²) in [7, 11) is 0. The van der Waals surface area contributed by atoms with Crippen molar-refractivity contribution in [2.45, 2.75) is 44.4 Å². The van der Waals surface area contributed by atoms with E-state index >= 15 is 0 Å². The van der Waals surface area contributed by atoms with Crippen molar-refractivity contribution in [1.82, 2.24) is 14.6 Å². The van der Waals surface area contributed by atoms with Crippen LogP contribution < -0.4 is 5.32 Å². The molecule has 0 spiro atoms. The zero-order valence-electron chi connectivity index (χ0n) is 16.1. The Balaban J connectivity index is 1.54. The lowest BCUT2D eigenvalue weighted by atomic mass is 9.80. The number of anilines is 1. The highest BCUT2D eigenvalue weighted by Crippen LogP contribution is 2.33. The highest BCUT2D eigenvalue weighted by molar-refractivity contribution is 5.64. The first-order chi connectivity index (χ1) is 13.7. The lowest BCUT2D eigenvalue weighted by molar-refractivity contribution is -0.137. The SMILES string of the molecule is CC1(O)CCC(CNc2ccc3ncc(-c4cccc(C(F)(F)F)c4)n3n2)CC1. The maximum Gasteiger partial charge on any atom is 0.416 e. The molecule has 1 aliphatic carbocycles. The Kier molecular flexibility index (Phi) is 4.98. The molecule has 1 fully saturated rings. The fourth-order valence-corrected chi connectivity index (χ4v) is 3.77. The number of nitrogens with zero attached hydrogens (tertiary/aromatic N) is 3. The summed E-state index contributed by atoms with van der Waals surface area (Å²) in [6.07, 6.45) is 0.595. The van der Waals surface area contributed by atoms with E-state index in [4.69, 9.17) is 0 Å². The van der Waals surface area contributed by atoms with E-state index in [0.717, 1.165) is 44.4 Å². The Hall–Kier alpha value is -2.61. The average molecular weight is 404 g/mol. The molecule has 29 heavy (non-hydrogen) atoms. The summed E-state index contributed by atoms with van der Waals surface area (Å²) >= 11 is 0. The number of halogens is 3.